The van der Waals surface area contributed by atoms with Gasteiger partial charge in [0.1, 0.15) is 11.2 Å². The molecule has 0 aromatic heterocycles. The largest absolute Gasteiger partial charge is 0.382 e. The highest BCUT2D eigenvalue weighted by atomic mass is 16.4. The summed E-state index contributed by atoms with van der Waals surface area (Å²) in [6.45, 7) is 6.88. The quantitative estimate of drug-likeness (QED) is 0.552. The average molecular weight is 140 g/mol. The van der Waals surface area contributed by atoms with Crippen LogP contribution in [0.1, 0.15) is 12.8 Å². The van der Waals surface area contributed by atoms with Gasteiger partial charge in [0.25, 0.3) is 0 Å². The third-order valence-corrected chi connectivity index (χ3v) is 2.31. The Bertz CT molecular complexity index is 156. The molecule has 0 unspecified atom stereocenters. The number of rotatable bonds is 2. The minimum Gasteiger partial charge on any atom is -0.382 e. The van der Waals surface area contributed by atoms with Crippen molar-refractivity contribution in [2.75, 3.05) is 0 Å². The second-order valence-corrected chi connectivity index (χ2v) is 2.76. The molecule has 0 bridgehead atoms. The fourth-order valence-electron chi connectivity index (χ4n) is 1.19. The summed E-state index contributed by atoms with van der Waals surface area (Å²) in [6.07, 6.45) is 3.88. The zero-order valence-electron chi connectivity index (χ0n) is 5.88. The summed E-state index contributed by atoms with van der Waals surface area (Å²) < 4.78 is 0. The second-order valence-electron chi connectivity index (χ2n) is 2.76. The van der Waals surface area contributed by atoms with E-state index in [1.54, 1.807) is 0 Å². The van der Waals surface area contributed by atoms with Gasteiger partial charge in [-0.25, -0.2) is 0 Å². The standard InChI is InChI=1S/C8H12O2/c1-3-7(9)5-6-8(7,10)4-2/h3-4,9-10H,1-2,5-6H2/t7-,8-/m1/s1. The molecule has 1 rings (SSSR count). The van der Waals surface area contributed by atoms with Crippen molar-refractivity contribution < 1.29 is 10.2 Å². The SMILES string of the molecule is C=C[C@@]1(O)CC[C@]1(O)C=C. The predicted molar refractivity (Wildman–Crippen MR) is 39.5 cm³/mol. The number of aliphatic hydroxyl groups is 2. The van der Waals surface area contributed by atoms with Crippen LogP contribution in [-0.2, 0) is 0 Å². The summed E-state index contributed by atoms with van der Waals surface area (Å²) in [7, 11) is 0. The Hall–Kier alpha value is -0.600. The van der Waals surface area contributed by atoms with Crippen LogP contribution in [0.3, 0.4) is 0 Å². The normalized spacial score (nSPS) is 45.8. The second kappa shape index (κ2) is 1.94. The van der Waals surface area contributed by atoms with Gasteiger partial charge in [-0.1, -0.05) is 12.2 Å². The topological polar surface area (TPSA) is 40.5 Å². The first-order valence-corrected chi connectivity index (χ1v) is 3.30. The molecule has 2 atom stereocenters. The summed E-state index contributed by atoms with van der Waals surface area (Å²) in [4.78, 5) is 0. The van der Waals surface area contributed by atoms with Crippen LogP contribution in [0.15, 0.2) is 25.3 Å². The van der Waals surface area contributed by atoms with Crippen molar-refractivity contribution in [1.82, 2.24) is 0 Å². The molecule has 0 aromatic rings. The molecule has 0 radical (unpaired) electrons. The molecule has 2 nitrogen and oxygen atoms in total. The summed E-state index contributed by atoms with van der Waals surface area (Å²) in [5.41, 5.74) is -2.26. The molecule has 1 saturated carbocycles. The maximum atomic E-state index is 9.50. The van der Waals surface area contributed by atoms with Gasteiger partial charge in [-0.15, -0.1) is 13.2 Å². The highest BCUT2D eigenvalue weighted by molar-refractivity contribution is 5.24. The van der Waals surface area contributed by atoms with Gasteiger partial charge in [0, 0.05) is 0 Å². The molecule has 2 N–H and O–H groups in total. The molecule has 10 heavy (non-hydrogen) atoms. The molecule has 0 aliphatic heterocycles. The summed E-state index contributed by atoms with van der Waals surface area (Å²) in [5.74, 6) is 0. The van der Waals surface area contributed by atoms with E-state index in [1.807, 2.05) is 0 Å². The van der Waals surface area contributed by atoms with Gasteiger partial charge in [0.2, 0.25) is 0 Å². The first-order valence-electron chi connectivity index (χ1n) is 3.30. The molecule has 0 spiro atoms. The van der Waals surface area contributed by atoms with E-state index in [2.05, 4.69) is 13.2 Å². The molecule has 0 aromatic carbocycles. The minimum atomic E-state index is -1.13. The molecular formula is C8H12O2. The monoisotopic (exact) mass is 140 g/mol. The summed E-state index contributed by atoms with van der Waals surface area (Å²) in [6, 6.07) is 0. The zero-order chi connectivity index (χ0) is 7.83. The van der Waals surface area contributed by atoms with Crippen LogP contribution in [-0.4, -0.2) is 21.4 Å². The van der Waals surface area contributed by atoms with Crippen LogP contribution in [0, 0.1) is 0 Å². The van der Waals surface area contributed by atoms with Crippen molar-refractivity contribution in [3.05, 3.63) is 25.3 Å². The average Bonchev–Trinajstić information content (AvgIpc) is 1.99. The van der Waals surface area contributed by atoms with Crippen LogP contribution in [0.4, 0.5) is 0 Å². The maximum absolute atomic E-state index is 9.50. The Kier molecular flexibility index (Phi) is 1.46. The van der Waals surface area contributed by atoms with E-state index in [9.17, 15) is 10.2 Å². The summed E-state index contributed by atoms with van der Waals surface area (Å²) in [5, 5.41) is 19.0. The molecule has 1 aliphatic rings. The van der Waals surface area contributed by atoms with Crippen LogP contribution >= 0.6 is 0 Å². The number of hydrogen-bond acceptors (Lipinski definition) is 2. The van der Waals surface area contributed by atoms with E-state index >= 15 is 0 Å². The molecule has 2 heteroatoms. The molecule has 56 valence electrons. The van der Waals surface area contributed by atoms with Gasteiger partial charge in [-0.05, 0) is 12.8 Å². The van der Waals surface area contributed by atoms with Crippen LogP contribution in [0.2, 0.25) is 0 Å². The molecule has 0 amide bonds. The van der Waals surface area contributed by atoms with Crippen molar-refractivity contribution in [2.24, 2.45) is 0 Å². The van der Waals surface area contributed by atoms with E-state index in [0.29, 0.717) is 12.8 Å². The maximum Gasteiger partial charge on any atom is 0.115 e. The fourth-order valence-corrected chi connectivity index (χ4v) is 1.19. The van der Waals surface area contributed by atoms with Crippen LogP contribution < -0.4 is 0 Å². The Morgan fingerprint density at radius 3 is 1.40 bits per heavy atom. The van der Waals surface area contributed by atoms with Crippen molar-refractivity contribution in [3.8, 4) is 0 Å². The lowest BCUT2D eigenvalue weighted by molar-refractivity contribution is -0.163. The van der Waals surface area contributed by atoms with Gasteiger partial charge in [0.05, 0.1) is 0 Å². The van der Waals surface area contributed by atoms with Crippen LogP contribution in [0.5, 0.6) is 0 Å². The van der Waals surface area contributed by atoms with Crippen molar-refractivity contribution in [3.63, 3.8) is 0 Å². The molecular weight excluding hydrogens is 128 g/mol. The third-order valence-electron chi connectivity index (χ3n) is 2.31. The lowest BCUT2D eigenvalue weighted by atomic mass is 9.65. The summed E-state index contributed by atoms with van der Waals surface area (Å²) >= 11 is 0. The van der Waals surface area contributed by atoms with E-state index in [0.717, 1.165) is 0 Å². The molecule has 0 saturated heterocycles. The minimum absolute atomic E-state index is 0.568. The Morgan fingerprint density at radius 2 is 1.30 bits per heavy atom. The van der Waals surface area contributed by atoms with Gasteiger partial charge in [-0.3, -0.25) is 0 Å². The van der Waals surface area contributed by atoms with E-state index in [4.69, 9.17) is 0 Å². The first kappa shape index (κ1) is 7.51. The van der Waals surface area contributed by atoms with Gasteiger partial charge >= 0.3 is 0 Å². The van der Waals surface area contributed by atoms with Gasteiger partial charge < -0.3 is 10.2 Å². The smallest absolute Gasteiger partial charge is 0.115 e. The Balaban J connectivity index is 2.83. The van der Waals surface area contributed by atoms with E-state index in [-0.39, 0.29) is 0 Å². The first-order chi connectivity index (χ1) is 4.58. The highest BCUT2D eigenvalue weighted by Gasteiger charge is 2.53. The Morgan fingerprint density at radius 1 is 1.00 bits per heavy atom. The lowest BCUT2D eigenvalue weighted by Crippen LogP contribution is -2.60. The fraction of sp³-hybridized carbons (Fsp3) is 0.500. The van der Waals surface area contributed by atoms with E-state index < -0.39 is 11.2 Å². The lowest BCUT2D eigenvalue weighted by Gasteiger charge is -2.49. The molecule has 1 fully saturated rings. The van der Waals surface area contributed by atoms with Crippen molar-refractivity contribution in [1.29, 1.82) is 0 Å². The third kappa shape index (κ3) is 0.662. The van der Waals surface area contributed by atoms with Gasteiger partial charge in [0.15, 0.2) is 0 Å². The molecule has 0 heterocycles. The highest BCUT2D eigenvalue weighted by Crippen LogP contribution is 2.43. The zero-order valence-corrected chi connectivity index (χ0v) is 5.88. The predicted octanol–water partition coefficient (Wildman–Crippen LogP) is 0.614. The Labute approximate surface area is 60.5 Å². The molecule has 1 aliphatic carbocycles. The van der Waals surface area contributed by atoms with Gasteiger partial charge in [-0.2, -0.15) is 0 Å². The van der Waals surface area contributed by atoms with E-state index in [1.165, 1.54) is 12.2 Å². The van der Waals surface area contributed by atoms with Crippen molar-refractivity contribution in [2.45, 2.75) is 24.0 Å². The van der Waals surface area contributed by atoms with Crippen LogP contribution in [0.25, 0.3) is 0 Å². The van der Waals surface area contributed by atoms with Crippen molar-refractivity contribution >= 4 is 0 Å². The number of hydrogen-bond donors (Lipinski definition) is 2.